The van der Waals surface area contributed by atoms with Gasteiger partial charge >= 0.3 is 6.09 Å². The van der Waals surface area contributed by atoms with Crippen LogP contribution >= 0.6 is 0 Å². The molecule has 0 N–H and O–H groups in total. The summed E-state index contributed by atoms with van der Waals surface area (Å²) in [4.78, 5) is 31.8. The van der Waals surface area contributed by atoms with Crippen LogP contribution in [0.25, 0.3) is 0 Å². The van der Waals surface area contributed by atoms with E-state index in [0.29, 0.717) is 19.0 Å². The maximum Gasteiger partial charge on any atom is 0.410 e. The average molecular weight is 402 g/mol. The van der Waals surface area contributed by atoms with Crippen molar-refractivity contribution in [2.45, 2.75) is 44.6 Å². The number of carbonyl (C=O) groups is 2. The van der Waals surface area contributed by atoms with Gasteiger partial charge in [-0.25, -0.2) is 4.79 Å². The van der Waals surface area contributed by atoms with Gasteiger partial charge in [0.25, 0.3) is 0 Å². The third-order valence-corrected chi connectivity index (χ3v) is 6.34. The largest absolute Gasteiger partial charge is 0.453 e. The lowest BCUT2D eigenvalue weighted by Gasteiger charge is -2.39. The van der Waals surface area contributed by atoms with Crippen LogP contribution in [0, 0.1) is 5.92 Å². The van der Waals surface area contributed by atoms with Crippen molar-refractivity contribution in [1.82, 2.24) is 14.7 Å². The number of hydrogen-bond donors (Lipinski definition) is 0. The molecular weight excluding hydrogens is 366 g/mol. The Hall–Kier alpha value is -2.08. The first-order valence-electron chi connectivity index (χ1n) is 10.9. The highest BCUT2D eigenvalue weighted by Crippen LogP contribution is 2.23. The van der Waals surface area contributed by atoms with E-state index in [2.05, 4.69) is 24.1 Å². The number of amides is 2. The van der Waals surface area contributed by atoms with E-state index in [1.54, 1.807) is 4.90 Å². The second-order valence-corrected chi connectivity index (χ2v) is 8.44. The van der Waals surface area contributed by atoms with Gasteiger partial charge in [0.15, 0.2) is 0 Å². The number of benzene rings is 1. The fourth-order valence-electron chi connectivity index (χ4n) is 4.49. The minimum absolute atomic E-state index is 0.0879. The normalized spacial score (nSPS) is 21.0. The van der Waals surface area contributed by atoms with Crippen LogP contribution in [-0.2, 0) is 16.0 Å². The van der Waals surface area contributed by atoms with Gasteiger partial charge in [-0.2, -0.15) is 0 Å². The molecule has 29 heavy (non-hydrogen) atoms. The van der Waals surface area contributed by atoms with Gasteiger partial charge in [0, 0.05) is 19.6 Å². The van der Waals surface area contributed by atoms with Crippen molar-refractivity contribution in [2.75, 3.05) is 46.9 Å². The maximum absolute atomic E-state index is 13.6. The molecule has 2 aliphatic heterocycles. The van der Waals surface area contributed by atoms with Crippen molar-refractivity contribution in [2.24, 2.45) is 5.92 Å². The molecule has 0 saturated carbocycles. The van der Waals surface area contributed by atoms with E-state index in [9.17, 15) is 9.59 Å². The number of carbonyl (C=O) groups excluding carboxylic acids is 2. The van der Waals surface area contributed by atoms with Crippen molar-refractivity contribution in [3.05, 3.63) is 35.9 Å². The van der Waals surface area contributed by atoms with Gasteiger partial charge in [-0.1, -0.05) is 30.3 Å². The van der Waals surface area contributed by atoms with Crippen LogP contribution in [-0.4, -0.2) is 79.6 Å². The molecule has 0 aliphatic carbocycles. The molecule has 3 rings (SSSR count). The minimum atomic E-state index is -0.391. The summed E-state index contributed by atoms with van der Waals surface area (Å²) in [6, 6.07) is 9.93. The molecule has 1 unspecified atom stereocenters. The summed E-state index contributed by atoms with van der Waals surface area (Å²) >= 11 is 0. The molecule has 2 heterocycles. The topological polar surface area (TPSA) is 53.1 Å². The Morgan fingerprint density at radius 1 is 1.07 bits per heavy atom. The highest BCUT2D eigenvalue weighted by Gasteiger charge is 2.36. The predicted molar refractivity (Wildman–Crippen MR) is 114 cm³/mol. The van der Waals surface area contributed by atoms with Crippen molar-refractivity contribution in [3.8, 4) is 0 Å². The number of likely N-dealkylation sites (tertiary alicyclic amines) is 2. The zero-order chi connectivity index (χ0) is 20.6. The third kappa shape index (κ3) is 5.95. The molecule has 0 bridgehead atoms. The fraction of sp³-hybridized carbons (Fsp3) is 0.652. The van der Waals surface area contributed by atoms with Crippen LogP contribution in [0.3, 0.4) is 0 Å². The highest BCUT2D eigenvalue weighted by molar-refractivity contribution is 5.86. The third-order valence-electron chi connectivity index (χ3n) is 6.34. The van der Waals surface area contributed by atoms with E-state index < -0.39 is 6.04 Å². The Kier molecular flexibility index (Phi) is 7.92. The van der Waals surface area contributed by atoms with Gasteiger partial charge in [-0.3, -0.25) is 9.69 Å². The molecule has 1 aromatic rings. The maximum atomic E-state index is 13.6. The zero-order valence-electron chi connectivity index (χ0n) is 17.9. The number of nitrogens with zero attached hydrogens (tertiary/aromatic N) is 3. The molecule has 0 radical (unpaired) electrons. The van der Waals surface area contributed by atoms with Crippen LogP contribution in [0.5, 0.6) is 0 Å². The first kappa shape index (κ1) is 21.6. The Bertz CT molecular complexity index is 659. The molecular formula is C23H35N3O3. The number of methoxy groups -OCH3 is 1. The van der Waals surface area contributed by atoms with Crippen LogP contribution < -0.4 is 0 Å². The monoisotopic (exact) mass is 401 g/mol. The number of ether oxygens (including phenoxy) is 1. The molecule has 160 valence electrons. The van der Waals surface area contributed by atoms with Gasteiger partial charge in [0.05, 0.1) is 7.11 Å². The Labute approximate surface area is 174 Å². The van der Waals surface area contributed by atoms with E-state index >= 15 is 0 Å². The summed E-state index contributed by atoms with van der Waals surface area (Å²) in [6.07, 6.45) is 5.33. The van der Waals surface area contributed by atoms with Crippen LogP contribution in [0.15, 0.2) is 30.3 Å². The first-order valence-corrected chi connectivity index (χ1v) is 10.9. The van der Waals surface area contributed by atoms with Crippen molar-refractivity contribution >= 4 is 12.0 Å². The fourth-order valence-corrected chi connectivity index (χ4v) is 4.49. The van der Waals surface area contributed by atoms with E-state index in [1.807, 2.05) is 23.1 Å². The molecule has 0 spiro atoms. The van der Waals surface area contributed by atoms with Gasteiger partial charge in [0.2, 0.25) is 5.91 Å². The van der Waals surface area contributed by atoms with Gasteiger partial charge in [-0.05, 0) is 70.1 Å². The van der Waals surface area contributed by atoms with Gasteiger partial charge in [-0.15, -0.1) is 0 Å². The molecule has 2 fully saturated rings. The van der Waals surface area contributed by atoms with Gasteiger partial charge in [0.1, 0.15) is 6.04 Å². The van der Waals surface area contributed by atoms with E-state index in [4.69, 9.17) is 4.74 Å². The molecule has 0 aromatic heterocycles. The second kappa shape index (κ2) is 10.6. The van der Waals surface area contributed by atoms with E-state index in [0.717, 1.165) is 58.2 Å². The van der Waals surface area contributed by atoms with Crippen LogP contribution in [0.1, 0.15) is 37.7 Å². The first-order chi connectivity index (χ1) is 14.1. The van der Waals surface area contributed by atoms with Crippen molar-refractivity contribution in [3.63, 3.8) is 0 Å². The Balaban J connectivity index is 1.71. The second-order valence-electron chi connectivity index (χ2n) is 8.44. The number of rotatable bonds is 6. The summed E-state index contributed by atoms with van der Waals surface area (Å²) in [5.41, 5.74) is 1.24. The van der Waals surface area contributed by atoms with E-state index in [-0.39, 0.29) is 12.0 Å². The summed E-state index contributed by atoms with van der Waals surface area (Å²) in [6.45, 7) is 4.25. The van der Waals surface area contributed by atoms with Crippen LogP contribution in [0.4, 0.5) is 4.79 Å². The molecule has 2 aliphatic rings. The molecule has 6 nitrogen and oxygen atoms in total. The molecule has 2 amide bonds. The number of piperidine rings is 2. The van der Waals surface area contributed by atoms with Crippen LogP contribution in [0.2, 0.25) is 0 Å². The average Bonchev–Trinajstić information content (AvgIpc) is 2.77. The molecule has 6 heteroatoms. The standard InChI is InChI=1S/C23H35N3O3/c1-24-15-11-20(12-16-24)18-25(17-13-19-8-4-3-5-9-19)22(27)21-10-6-7-14-26(21)23(28)29-2/h3-5,8-9,20-21H,6-7,10-18H2,1-2H3. The summed E-state index contributed by atoms with van der Waals surface area (Å²) in [7, 11) is 3.55. The zero-order valence-corrected chi connectivity index (χ0v) is 17.9. The lowest BCUT2D eigenvalue weighted by molar-refractivity contribution is -0.138. The molecule has 1 atom stereocenters. The minimum Gasteiger partial charge on any atom is -0.453 e. The van der Waals surface area contributed by atoms with Gasteiger partial charge < -0.3 is 14.5 Å². The predicted octanol–water partition coefficient (Wildman–Crippen LogP) is 3.02. The molecule has 1 aromatic carbocycles. The summed E-state index contributed by atoms with van der Waals surface area (Å²) in [5.74, 6) is 0.617. The lowest BCUT2D eigenvalue weighted by atomic mass is 9.95. The highest BCUT2D eigenvalue weighted by atomic mass is 16.5. The van der Waals surface area contributed by atoms with E-state index in [1.165, 1.54) is 12.7 Å². The lowest BCUT2D eigenvalue weighted by Crippen LogP contribution is -2.54. The Morgan fingerprint density at radius 2 is 1.79 bits per heavy atom. The smallest absolute Gasteiger partial charge is 0.410 e. The van der Waals surface area contributed by atoms with Crippen molar-refractivity contribution < 1.29 is 14.3 Å². The quantitative estimate of drug-likeness (QED) is 0.735. The summed E-state index contributed by atoms with van der Waals surface area (Å²) < 4.78 is 4.95. The summed E-state index contributed by atoms with van der Waals surface area (Å²) in [5, 5.41) is 0. The molecule has 2 saturated heterocycles. The SMILES string of the molecule is COC(=O)N1CCCCC1C(=O)N(CCc1ccccc1)CC1CCN(C)CC1. The number of hydrogen-bond acceptors (Lipinski definition) is 4. The Morgan fingerprint density at radius 3 is 2.48 bits per heavy atom. The van der Waals surface area contributed by atoms with Crippen molar-refractivity contribution in [1.29, 1.82) is 0 Å².